The van der Waals surface area contributed by atoms with E-state index in [1.807, 2.05) is 6.92 Å². The number of amides is 1. The van der Waals surface area contributed by atoms with Crippen molar-refractivity contribution in [3.63, 3.8) is 0 Å². The molecule has 4 fully saturated rings. The molecule has 190 valence electrons. The van der Waals surface area contributed by atoms with Crippen molar-refractivity contribution in [3.8, 4) is 11.6 Å². The molecule has 8 nitrogen and oxygen atoms in total. The molecule has 0 atom stereocenters. The summed E-state index contributed by atoms with van der Waals surface area (Å²) in [6.45, 7) is 1.91. The van der Waals surface area contributed by atoms with E-state index in [1.54, 1.807) is 48.5 Å². The minimum atomic E-state index is -0.738. The molecule has 4 aliphatic rings. The second kappa shape index (κ2) is 8.87. The van der Waals surface area contributed by atoms with Gasteiger partial charge in [-0.3, -0.25) is 19.6 Å². The predicted octanol–water partition coefficient (Wildman–Crippen LogP) is 3.99. The van der Waals surface area contributed by atoms with E-state index in [0.717, 1.165) is 47.1 Å². The Morgan fingerprint density at radius 2 is 1.59 bits per heavy atom. The summed E-state index contributed by atoms with van der Waals surface area (Å²) in [5.74, 6) is 1.71. The Kier molecular flexibility index (Phi) is 5.62. The summed E-state index contributed by atoms with van der Waals surface area (Å²) in [4.78, 5) is 44.4. The molecular weight excluding hydrogens is 468 g/mol. The Morgan fingerprint density at radius 1 is 1.00 bits per heavy atom. The van der Waals surface area contributed by atoms with E-state index in [2.05, 4.69) is 15.3 Å². The Hall–Kier alpha value is -3.94. The lowest BCUT2D eigenvalue weighted by atomic mass is 9.53. The first-order valence-electron chi connectivity index (χ1n) is 12.9. The number of rotatable bonds is 5. The van der Waals surface area contributed by atoms with E-state index in [4.69, 9.17) is 0 Å². The average Bonchev–Trinajstić information content (AvgIpc) is 2.84. The van der Waals surface area contributed by atoms with Gasteiger partial charge in [0.25, 0.3) is 11.5 Å². The number of aromatic hydroxyl groups is 1. The Morgan fingerprint density at radius 3 is 2.19 bits per heavy atom. The normalized spacial score (nSPS) is 26.0. The second-order valence-corrected chi connectivity index (χ2v) is 11.1. The summed E-state index contributed by atoms with van der Waals surface area (Å²) in [5, 5.41) is 14.1. The molecule has 3 N–H and O–H groups in total. The van der Waals surface area contributed by atoms with E-state index >= 15 is 0 Å². The molecule has 4 aliphatic carbocycles. The first-order valence-corrected chi connectivity index (χ1v) is 12.9. The van der Waals surface area contributed by atoms with Gasteiger partial charge in [-0.2, -0.15) is 0 Å². The second-order valence-electron chi connectivity index (χ2n) is 11.1. The van der Waals surface area contributed by atoms with Crippen LogP contribution in [0.25, 0.3) is 5.69 Å². The zero-order valence-corrected chi connectivity index (χ0v) is 20.7. The number of H-pyrrole nitrogens is 1. The number of carbonyl (C=O) groups is 1. The van der Waals surface area contributed by atoms with Crippen LogP contribution in [-0.4, -0.2) is 32.3 Å². The van der Waals surface area contributed by atoms with E-state index < -0.39 is 17.1 Å². The Bertz CT molecular complexity index is 1460. The molecule has 3 aromatic rings. The summed E-state index contributed by atoms with van der Waals surface area (Å²) in [7, 11) is 0. The Balaban J connectivity index is 1.20. The van der Waals surface area contributed by atoms with Gasteiger partial charge in [0.05, 0.1) is 11.4 Å². The fourth-order valence-corrected chi connectivity index (χ4v) is 7.00. The number of aliphatic imine (C=N–C) groups is 1. The first-order chi connectivity index (χ1) is 17.8. The number of hydrogen-bond acceptors (Lipinski definition) is 5. The summed E-state index contributed by atoms with van der Waals surface area (Å²) in [6, 6.07) is 13.8. The van der Waals surface area contributed by atoms with Gasteiger partial charge >= 0.3 is 5.69 Å². The van der Waals surface area contributed by atoms with Gasteiger partial charge in [-0.1, -0.05) is 17.7 Å². The van der Waals surface area contributed by atoms with E-state index in [0.29, 0.717) is 16.9 Å². The molecule has 1 amide bonds. The largest absolute Gasteiger partial charge is 0.493 e. The van der Waals surface area contributed by atoms with Crippen molar-refractivity contribution in [2.45, 2.75) is 51.0 Å². The molecule has 0 aliphatic heterocycles. The van der Waals surface area contributed by atoms with Crippen LogP contribution in [0.4, 0.5) is 5.69 Å². The van der Waals surface area contributed by atoms with E-state index in [-0.39, 0.29) is 17.0 Å². The number of benzene rings is 2. The lowest BCUT2D eigenvalue weighted by molar-refractivity contribution is -0.0167. The summed E-state index contributed by atoms with van der Waals surface area (Å²) < 4.78 is 1.03. The van der Waals surface area contributed by atoms with Gasteiger partial charge in [-0.25, -0.2) is 9.36 Å². The number of nitrogens with zero attached hydrogens (tertiary/aromatic N) is 2. The maximum absolute atomic E-state index is 13.1. The monoisotopic (exact) mass is 498 g/mol. The molecule has 0 radical (unpaired) electrons. The van der Waals surface area contributed by atoms with Crippen LogP contribution < -0.4 is 16.6 Å². The van der Waals surface area contributed by atoms with Crippen molar-refractivity contribution in [1.29, 1.82) is 0 Å². The predicted molar refractivity (Wildman–Crippen MR) is 141 cm³/mol. The van der Waals surface area contributed by atoms with Crippen molar-refractivity contribution in [3.05, 3.63) is 86.1 Å². The molecule has 1 aromatic heterocycles. The van der Waals surface area contributed by atoms with Crippen LogP contribution in [0.5, 0.6) is 5.88 Å². The molecule has 4 saturated carbocycles. The van der Waals surface area contributed by atoms with Crippen molar-refractivity contribution in [2.24, 2.45) is 22.7 Å². The van der Waals surface area contributed by atoms with E-state index in [1.165, 1.54) is 25.5 Å². The van der Waals surface area contributed by atoms with Crippen LogP contribution in [0.3, 0.4) is 0 Å². The number of nitrogens with one attached hydrogen (secondary N) is 2. The zero-order chi connectivity index (χ0) is 25.7. The van der Waals surface area contributed by atoms with Crippen molar-refractivity contribution >= 4 is 17.8 Å². The standard InChI is InChI=1S/C29H30N4O4/c1-17-2-8-23(9-3-17)33-27(36)24(26(35)31-28(33)37)16-30-22-6-4-21(5-7-22)25(34)32-29-13-18-10-19(14-29)12-20(11-18)15-29/h2-9,16,18-20,36H,10-15H2,1H3,(H,32,34)(H,31,35,37). The number of aromatic nitrogens is 2. The zero-order valence-electron chi connectivity index (χ0n) is 20.7. The van der Waals surface area contributed by atoms with Crippen molar-refractivity contribution in [1.82, 2.24) is 14.9 Å². The minimum absolute atomic E-state index is 0.0538. The molecular formula is C29H30N4O4. The minimum Gasteiger partial charge on any atom is -0.493 e. The van der Waals surface area contributed by atoms with Gasteiger partial charge in [0.2, 0.25) is 5.88 Å². The summed E-state index contributed by atoms with van der Waals surface area (Å²) >= 11 is 0. The third kappa shape index (κ3) is 4.41. The van der Waals surface area contributed by atoms with Crippen LogP contribution in [0.15, 0.2) is 63.1 Å². The van der Waals surface area contributed by atoms with Crippen LogP contribution in [0, 0.1) is 24.7 Å². The van der Waals surface area contributed by atoms with Crippen LogP contribution in [0.1, 0.15) is 60.0 Å². The maximum atomic E-state index is 13.1. The van der Waals surface area contributed by atoms with Crippen molar-refractivity contribution in [2.75, 3.05) is 0 Å². The highest BCUT2D eigenvalue weighted by atomic mass is 16.3. The maximum Gasteiger partial charge on any atom is 0.335 e. The average molecular weight is 499 g/mol. The van der Waals surface area contributed by atoms with Gasteiger partial charge in [-0.05, 0) is 99.6 Å². The van der Waals surface area contributed by atoms with Gasteiger partial charge in [0.15, 0.2) is 0 Å². The quantitative estimate of drug-likeness (QED) is 0.461. The SMILES string of the molecule is Cc1ccc(-n2c(O)c(C=Nc3ccc(C(=O)NC45CC6CC(CC(C6)C4)C5)cc3)c(=O)[nH]c2=O)cc1. The molecule has 4 bridgehead atoms. The number of hydrogen-bond donors (Lipinski definition) is 3. The topological polar surface area (TPSA) is 117 Å². The molecule has 7 rings (SSSR count). The highest BCUT2D eigenvalue weighted by Crippen LogP contribution is 2.55. The molecule has 0 saturated heterocycles. The molecule has 0 spiro atoms. The lowest BCUT2D eigenvalue weighted by Gasteiger charge is -2.56. The molecule has 1 heterocycles. The number of aryl methyl sites for hydroxylation is 1. The van der Waals surface area contributed by atoms with E-state index in [9.17, 15) is 19.5 Å². The van der Waals surface area contributed by atoms with Gasteiger partial charge in [-0.15, -0.1) is 0 Å². The number of aromatic amines is 1. The van der Waals surface area contributed by atoms with Gasteiger partial charge in [0.1, 0.15) is 5.56 Å². The van der Waals surface area contributed by atoms with Crippen LogP contribution in [0.2, 0.25) is 0 Å². The third-order valence-corrected chi connectivity index (χ3v) is 8.30. The highest BCUT2D eigenvalue weighted by molar-refractivity contribution is 5.95. The first kappa shape index (κ1) is 23.5. The molecule has 37 heavy (non-hydrogen) atoms. The smallest absolute Gasteiger partial charge is 0.335 e. The fraction of sp³-hybridized carbons (Fsp3) is 0.379. The lowest BCUT2D eigenvalue weighted by Crippen LogP contribution is -2.59. The van der Waals surface area contributed by atoms with Gasteiger partial charge in [0, 0.05) is 17.3 Å². The number of carbonyl (C=O) groups excluding carboxylic acids is 1. The summed E-state index contributed by atoms with van der Waals surface area (Å²) in [5.41, 5.74) is 0.845. The molecule has 8 heteroatoms. The Labute approximate surface area is 214 Å². The van der Waals surface area contributed by atoms with Gasteiger partial charge < -0.3 is 10.4 Å². The third-order valence-electron chi connectivity index (χ3n) is 8.30. The van der Waals surface area contributed by atoms with Crippen molar-refractivity contribution < 1.29 is 9.90 Å². The highest BCUT2D eigenvalue weighted by Gasteiger charge is 2.51. The van der Waals surface area contributed by atoms with Crippen LogP contribution in [-0.2, 0) is 0 Å². The molecule has 0 unspecified atom stereocenters. The van der Waals surface area contributed by atoms with Crippen LogP contribution >= 0.6 is 0 Å². The summed E-state index contributed by atoms with van der Waals surface area (Å²) in [6.07, 6.45) is 8.47. The fourth-order valence-electron chi connectivity index (χ4n) is 7.00. The molecule has 2 aromatic carbocycles.